The number of alkyl halides is 1. The number of hydrogen-bond acceptors (Lipinski definition) is 4. The first kappa shape index (κ1) is 11.2. The number of anilines is 1. The molecule has 0 bridgehead atoms. The SMILES string of the molecule is Cc1ccnc(C(O)C(O)CCl)c1N. The molecule has 2 atom stereocenters. The van der Waals surface area contributed by atoms with Crippen LogP contribution in [0.15, 0.2) is 12.3 Å². The average Bonchev–Trinajstić information content (AvgIpc) is 2.20. The summed E-state index contributed by atoms with van der Waals surface area (Å²) in [5.74, 6) is -0.0593. The summed E-state index contributed by atoms with van der Waals surface area (Å²) in [7, 11) is 0. The lowest BCUT2D eigenvalue weighted by Crippen LogP contribution is -2.22. The molecule has 0 aliphatic heterocycles. The van der Waals surface area contributed by atoms with Crippen molar-refractivity contribution in [3.8, 4) is 0 Å². The summed E-state index contributed by atoms with van der Waals surface area (Å²) >= 11 is 5.41. The summed E-state index contributed by atoms with van der Waals surface area (Å²) in [6.45, 7) is 1.81. The number of rotatable bonds is 3. The molecule has 0 fully saturated rings. The van der Waals surface area contributed by atoms with E-state index in [0.717, 1.165) is 5.56 Å². The van der Waals surface area contributed by atoms with E-state index in [1.807, 2.05) is 0 Å². The number of nitrogens with two attached hydrogens (primary N) is 1. The van der Waals surface area contributed by atoms with Gasteiger partial charge in [0.05, 0.1) is 23.4 Å². The molecule has 0 radical (unpaired) electrons. The molecule has 78 valence electrons. The van der Waals surface area contributed by atoms with Crippen LogP contribution in [0.1, 0.15) is 17.4 Å². The molecule has 1 heterocycles. The molecule has 4 N–H and O–H groups in total. The zero-order chi connectivity index (χ0) is 10.7. The van der Waals surface area contributed by atoms with Crippen LogP contribution >= 0.6 is 11.6 Å². The van der Waals surface area contributed by atoms with Gasteiger partial charge in [0.25, 0.3) is 0 Å². The Kier molecular flexibility index (Phi) is 3.69. The third-order valence-electron chi connectivity index (χ3n) is 2.04. The van der Waals surface area contributed by atoms with Gasteiger partial charge in [-0.15, -0.1) is 11.6 Å². The van der Waals surface area contributed by atoms with Crippen LogP contribution in [0.4, 0.5) is 5.69 Å². The van der Waals surface area contributed by atoms with Crippen LogP contribution in [0, 0.1) is 6.92 Å². The number of aromatic nitrogens is 1. The minimum atomic E-state index is -1.13. The topological polar surface area (TPSA) is 79.4 Å². The Hall–Kier alpha value is -0.840. The normalized spacial score (nSPS) is 15.1. The lowest BCUT2D eigenvalue weighted by molar-refractivity contribution is 0.0305. The first-order valence-electron chi connectivity index (χ1n) is 4.21. The van der Waals surface area contributed by atoms with E-state index in [-0.39, 0.29) is 11.6 Å². The molecular formula is C9H13ClN2O2. The number of aliphatic hydroxyl groups is 2. The third-order valence-corrected chi connectivity index (χ3v) is 2.36. The van der Waals surface area contributed by atoms with E-state index in [4.69, 9.17) is 17.3 Å². The molecule has 0 saturated heterocycles. The van der Waals surface area contributed by atoms with Crippen molar-refractivity contribution >= 4 is 17.3 Å². The number of pyridine rings is 1. The van der Waals surface area contributed by atoms with Gasteiger partial charge in [0.1, 0.15) is 6.10 Å². The Labute approximate surface area is 87.3 Å². The molecule has 4 nitrogen and oxygen atoms in total. The number of hydrogen-bond donors (Lipinski definition) is 3. The van der Waals surface area contributed by atoms with Crippen molar-refractivity contribution in [1.82, 2.24) is 4.98 Å². The summed E-state index contributed by atoms with van der Waals surface area (Å²) in [5.41, 5.74) is 7.18. The molecule has 1 aromatic heterocycles. The first-order valence-corrected chi connectivity index (χ1v) is 4.74. The van der Waals surface area contributed by atoms with E-state index < -0.39 is 12.2 Å². The van der Waals surface area contributed by atoms with Crippen LogP contribution < -0.4 is 5.73 Å². The second-order valence-electron chi connectivity index (χ2n) is 3.09. The van der Waals surface area contributed by atoms with E-state index in [2.05, 4.69) is 4.98 Å². The van der Waals surface area contributed by atoms with Gasteiger partial charge in [0.2, 0.25) is 0 Å². The van der Waals surface area contributed by atoms with Gasteiger partial charge in [-0.05, 0) is 18.6 Å². The monoisotopic (exact) mass is 216 g/mol. The lowest BCUT2D eigenvalue weighted by Gasteiger charge is -2.17. The Morgan fingerprint density at radius 2 is 2.21 bits per heavy atom. The molecule has 0 aliphatic carbocycles. The fraction of sp³-hybridized carbons (Fsp3) is 0.444. The molecule has 0 amide bonds. The standard InChI is InChI=1S/C9H13ClN2O2/c1-5-2-3-12-8(7(5)11)9(14)6(13)4-10/h2-3,6,9,13-14H,4,11H2,1H3. The second kappa shape index (κ2) is 4.59. The number of aliphatic hydroxyl groups excluding tert-OH is 2. The van der Waals surface area contributed by atoms with Crippen molar-refractivity contribution in [1.29, 1.82) is 0 Å². The van der Waals surface area contributed by atoms with Gasteiger partial charge < -0.3 is 15.9 Å². The lowest BCUT2D eigenvalue weighted by atomic mass is 10.1. The fourth-order valence-electron chi connectivity index (χ4n) is 1.09. The van der Waals surface area contributed by atoms with Crippen LogP contribution in [0.25, 0.3) is 0 Å². The predicted octanol–water partition coefficient (Wildman–Crippen LogP) is 0.605. The Morgan fingerprint density at radius 3 is 2.79 bits per heavy atom. The number of halogens is 1. The molecule has 1 rings (SSSR count). The summed E-state index contributed by atoms with van der Waals surface area (Å²) in [6.07, 6.45) is -0.647. The molecule has 0 aromatic carbocycles. The number of nitrogens with zero attached hydrogens (tertiary/aromatic N) is 1. The van der Waals surface area contributed by atoms with Gasteiger partial charge >= 0.3 is 0 Å². The van der Waals surface area contributed by atoms with Crippen molar-refractivity contribution in [2.75, 3.05) is 11.6 Å². The Morgan fingerprint density at radius 1 is 1.57 bits per heavy atom. The van der Waals surface area contributed by atoms with E-state index in [1.165, 1.54) is 6.20 Å². The Bertz CT molecular complexity index is 320. The number of nitrogen functional groups attached to an aromatic ring is 1. The van der Waals surface area contributed by atoms with E-state index in [1.54, 1.807) is 13.0 Å². The maximum absolute atomic E-state index is 9.62. The molecule has 0 aliphatic rings. The molecular weight excluding hydrogens is 204 g/mol. The summed E-state index contributed by atoms with van der Waals surface area (Å²) in [5, 5.41) is 18.9. The van der Waals surface area contributed by atoms with Crippen LogP contribution in [0.2, 0.25) is 0 Å². The highest BCUT2D eigenvalue weighted by Crippen LogP contribution is 2.23. The highest BCUT2D eigenvalue weighted by molar-refractivity contribution is 6.18. The minimum absolute atomic E-state index is 0.0593. The number of aryl methyl sites for hydroxylation is 1. The van der Waals surface area contributed by atoms with E-state index in [0.29, 0.717) is 5.69 Å². The highest BCUT2D eigenvalue weighted by atomic mass is 35.5. The van der Waals surface area contributed by atoms with Gasteiger partial charge in [-0.3, -0.25) is 4.98 Å². The largest absolute Gasteiger partial charge is 0.397 e. The predicted molar refractivity (Wildman–Crippen MR) is 55.1 cm³/mol. The zero-order valence-electron chi connectivity index (χ0n) is 7.81. The summed E-state index contributed by atoms with van der Waals surface area (Å²) < 4.78 is 0. The van der Waals surface area contributed by atoms with Crippen molar-refractivity contribution < 1.29 is 10.2 Å². The second-order valence-corrected chi connectivity index (χ2v) is 3.40. The van der Waals surface area contributed by atoms with E-state index in [9.17, 15) is 10.2 Å². The quantitative estimate of drug-likeness (QED) is 0.647. The zero-order valence-corrected chi connectivity index (χ0v) is 8.57. The smallest absolute Gasteiger partial charge is 0.125 e. The maximum atomic E-state index is 9.62. The molecule has 2 unspecified atom stereocenters. The summed E-state index contributed by atoms with van der Waals surface area (Å²) in [4.78, 5) is 3.91. The molecule has 14 heavy (non-hydrogen) atoms. The fourth-order valence-corrected chi connectivity index (χ4v) is 1.26. The van der Waals surface area contributed by atoms with Crippen molar-refractivity contribution in [2.24, 2.45) is 0 Å². The Balaban J connectivity index is 3.01. The molecule has 1 aromatic rings. The molecule has 0 spiro atoms. The van der Waals surface area contributed by atoms with Crippen LogP contribution in [-0.2, 0) is 0 Å². The van der Waals surface area contributed by atoms with Gasteiger partial charge in [-0.1, -0.05) is 0 Å². The van der Waals surface area contributed by atoms with Crippen LogP contribution in [0.5, 0.6) is 0 Å². The van der Waals surface area contributed by atoms with Gasteiger partial charge in [-0.2, -0.15) is 0 Å². The first-order chi connectivity index (χ1) is 6.57. The van der Waals surface area contributed by atoms with Gasteiger partial charge in [0.15, 0.2) is 0 Å². The van der Waals surface area contributed by atoms with Crippen LogP contribution in [0.3, 0.4) is 0 Å². The average molecular weight is 217 g/mol. The van der Waals surface area contributed by atoms with Crippen LogP contribution in [-0.4, -0.2) is 27.2 Å². The highest BCUT2D eigenvalue weighted by Gasteiger charge is 2.21. The molecule has 0 saturated carbocycles. The third kappa shape index (κ3) is 2.15. The van der Waals surface area contributed by atoms with Gasteiger partial charge in [-0.25, -0.2) is 0 Å². The molecule has 5 heteroatoms. The van der Waals surface area contributed by atoms with Crippen molar-refractivity contribution in [3.63, 3.8) is 0 Å². The van der Waals surface area contributed by atoms with Crippen molar-refractivity contribution in [3.05, 3.63) is 23.5 Å². The van der Waals surface area contributed by atoms with E-state index >= 15 is 0 Å². The maximum Gasteiger partial charge on any atom is 0.125 e. The minimum Gasteiger partial charge on any atom is -0.397 e. The van der Waals surface area contributed by atoms with Gasteiger partial charge in [0, 0.05) is 6.20 Å². The van der Waals surface area contributed by atoms with Crippen molar-refractivity contribution in [2.45, 2.75) is 19.1 Å². The summed E-state index contributed by atoms with van der Waals surface area (Å²) in [6, 6.07) is 1.73.